The zero-order chi connectivity index (χ0) is 14.5. The summed E-state index contributed by atoms with van der Waals surface area (Å²) in [6.07, 6.45) is 0. The van der Waals surface area contributed by atoms with Crippen LogP contribution in [0.15, 0.2) is 47.6 Å². The highest BCUT2D eigenvalue weighted by Gasteiger charge is 2.04. The molecule has 20 heavy (non-hydrogen) atoms. The van der Waals surface area contributed by atoms with E-state index in [4.69, 9.17) is 10.9 Å². The molecule has 2 aromatic rings. The van der Waals surface area contributed by atoms with Crippen molar-refractivity contribution in [3.05, 3.63) is 65.0 Å². The maximum Gasteiger partial charge on any atom is 0.170 e. The van der Waals surface area contributed by atoms with Crippen LogP contribution in [0.2, 0.25) is 0 Å². The second-order valence-electron chi connectivity index (χ2n) is 4.49. The molecule has 0 aliphatic rings. The Morgan fingerprint density at radius 1 is 1.30 bits per heavy atom. The average Bonchev–Trinajstić information content (AvgIpc) is 2.45. The first-order valence-corrected chi connectivity index (χ1v) is 6.17. The summed E-state index contributed by atoms with van der Waals surface area (Å²) in [6.45, 7) is 2.52. The largest absolute Gasteiger partial charge is 0.409 e. The van der Waals surface area contributed by atoms with Gasteiger partial charge in [0.05, 0.1) is 0 Å². The zero-order valence-corrected chi connectivity index (χ0v) is 11.1. The van der Waals surface area contributed by atoms with Crippen LogP contribution in [0.3, 0.4) is 0 Å². The van der Waals surface area contributed by atoms with Gasteiger partial charge in [0.25, 0.3) is 0 Å². The van der Waals surface area contributed by atoms with E-state index in [1.165, 1.54) is 12.1 Å². The van der Waals surface area contributed by atoms with Crippen LogP contribution in [-0.2, 0) is 6.54 Å². The fraction of sp³-hybridized carbons (Fsp3) is 0.133. The maximum absolute atomic E-state index is 13.1. The number of aryl methyl sites for hydroxylation is 1. The van der Waals surface area contributed by atoms with Gasteiger partial charge in [-0.05, 0) is 42.3 Å². The topological polar surface area (TPSA) is 70.6 Å². The number of benzene rings is 2. The second-order valence-corrected chi connectivity index (χ2v) is 4.49. The van der Waals surface area contributed by atoms with Gasteiger partial charge in [0.15, 0.2) is 5.84 Å². The Morgan fingerprint density at radius 2 is 2.10 bits per heavy atom. The zero-order valence-electron chi connectivity index (χ0n) is 11.1. The molecule has 4 N–H and O–H groups in total. The lowest BCUT2D eigenvalue weighted by Crippen LogP contribution is -2.13. The van der Waals surface area contributed by atoms with Gasteiger partial charge < -0.3 is 16.3 Å². The summed E-state index contributed by atoms with van der Waals surface area (Å²) in [5.41, 5.74) is 9.00. The van der Waals surface area contributed by atoms with Crippen LogP contribution in [0.1, 0.15) is 16.7 Å². The minimum Gasteiger partial charge on any atom is -0.409 e. The van der Waals surface area contributed by atoms with Crippen LogP contribution in [0.4, 0.5) is 10.1 Å². The molecule has 4 nitrogen and oxygen atoms in total. The number of hydrogen-bond acceptors (Lipinski definition) is 3. The summed E-state index contributed by atoms with van der Waals surface area (Å²) in [4.78, 5) is 0. The summed E-state index contributed by atoms with van der Waals surface area (Å²) in [6, 6.07) is 11.8. The minimum absolute atomic E-state index is 0.0812. The monoisotopic (exact) mass is 273 g/mol. The molecule has 0 aliphatic carbocycles. The molecule has 2 aromatic carbocycles. The van der Waals surface area contributed by atoms with Crippen LogP contribution in [0.5, 0.6) is 0 Å². The highest BCUT2D eigenvalue weighted by Crippen LogP contribution is 2.15. The lowest BCUT2D eigenvalue weighted by atomic mass is 10.0. The van der Waals surface area contributed by atoms with Crippen LogP contribution in [-0.4, -0.2) is 11.0 Å². The Morgan fingerprint density at radius 3 is 2.75 bits per heavy atom. The van der Waals surface area contributed by atoms with E-state index in [1.807, 2.05) is 25.1 Å². The third-order valence-corrected chi connectivity index (χ3v) is 3.05. The number of nitrogens with zero attached hydrogens (tertiary/aromatic N) is 1. The first-order valence-electron chi connectivity index (χ1n) is 6.17. The molecular formula is C15H16FN3O. The number of hydrogen-bond donors (Lipinski definition) is 3. The number of oxime groups is 1. The van der Waals surface area contributed by atoms with Crippen molar-refractivity contribution in [2.75, 3.05) is 5.32 Å². The Labute approximate surface area is 116 Å². The second kappa shape index (κ2) is 6.06. The van der Waals surface area contributed by atoms with Gasteiger partial charge in [-0.3, -0.25) is 0 Å². The summed E-state index contributed by atoms with van der Waals surface area (Å²) in [5, 5.41) is 14.8. The maximum atomic E-state index is 13.1. The number of nitrogens with one attached hydrogen (secondary N) is 1. The molecule has 2 rings (SSSR count). The fourth-order valence-electron chi connectivity index (χ4n) is 1.91. The molecule has 104 valence electrons. The molecule has 0 fully saturated rings. The van der Waals surface area contributed by atoms with Gasteiger partial charge >= 0.3 is 0 Å². The molecule has 0 aromatic heterocycles. The Bertz CT molecular complexity index is 641. The van der Waals surface area contributed by atoms with Gasteiger partial charge in [-0.25, -0.2) is 4.39 Å². The van der Waals surface area contributed by atoms with Crippen molar-refractivity contribution >= 4 is 11.5 Å². The fourth-order valence-corrected chi connectivity index (χ4v) is 1.91. The first kappa shape index (κ1) is 13.9. The van der Waals surface area contributed by atoms with Crippen LogP contribution >= 0.6 is 0 Å². The molecule has 0 radical (unpaired) electrons. The van der Waals surface area contributed by atoms with E-state index in [1.54, 1.807) is 12.1 Å². The van der Waals surface area contributed by atoms with E-state index < -0.39 is 0 Å². The standard InChI is InChI=1S/C15H16FN3O/c1-10-7-11(15(17)19-20)5-6-12(10)9-18-14-4-2-3-13(16)8-14/h2-8,18,20H,9H2,1H3,(H2,17,19). The summed E-state index contributed by atoms with van der Waals surface area (Å²) in [7, 11) is 0. The molecule has 0 saturated carbocycles. The van der Waals surface area contributed by atoms with E-state index in [-0.39, 0.29) is 11.7 Å². The Kier molecular flexibility index (Phi) is 4.20. The van der Waals surface area contributed by atoms with Crippen molar-refractivity contribution in [2.24, 2.45) is 10.9 Å². The van der Waals surface area contributed by atoms with Gasteiger partial charge in [0, 0.05) is 17.8 Å². The van der Waals surface area contributed by atoms with E-state index in [0.717, 1.165) is 16.8 Å². The van der Waals surface area contributed by atoms with E-state index in [2.05, 4.69) is 10.5 Å². The summed E-state index contributed by atoms with van der Waals surface area (Å²) in [5.74, 6) is -0.188. The van der Waals surface area contributed by atoms with E-state index >= 15 is 0 Å². The van der Waals surface area contributed by atoms with Crippen LogP contribution in [0.25, 0.3) is 0 Å². The molecule has 5 heteroatoms. The molecule has 0 unspecified atom stereocenters. The van der Waals surface area contributed by atoms with E-state index in [0.29, 0.717) is 12.1 Å². The van der Waals surface area contributed by atoms with Crippen molar-refractivity contribution in [3.63, 3.8) is 0 Å². The van der Waals surface area contributed by atoms with Gasteiger partial charge in [-0.2, -0.15) is 0 Å². The molecular weight excluding hydrogens is 257 g/mol. The third-order valence-electron chi connectivity index (χ3n) is 3.05. The highest BCUT2D eigenvalue weighted by molar-refractivity contribution is 5.97. The Balaban J connectivity index is 2.11. The highest BCUT2D eigenvalue weighted by atomic mass is 19.1. The lowest BCUT2D eigenvalue weighted by Gasteiger charge is -2.10. The SMILES string of the molecule is Cc1cc(/C(N)=N/O)ccc1CNc1cccc(F)c1. The summed E-state index contributed by atoms with van der Waals surface area (Å²) < 4.78 is 13.1. The van der Waals surface area contributed by atoms with Crippen LogP contribution in [0, 0.1) is 12.7 Å². The number of nitrogens with two attached hydrogens (primary N) is 1. The lowest BCUT2D eigenvalue weighted by molar-refractivity contribution is 0.318. The molecule has 0 heterocycles. The molecule has 0 atom stereocenters. The average molecular weight is 273 g/mol. The van der Waals surface area contributed by atoms with Crippen molar-refractivity contribution < 1.29 is 9.60 Å². The molecule has 0 amide bonds. The minimum atomic E-state index is -0.269. The van der Waals surface area contributed by atoms with Crippen molar-refractivity contribution in [1.29, 1.82) is 0 Å². The number of anilines is 1. The van der Waals surface area contributed by atoms with Gasteiger partial charge in [0.1, 0.15) is 5.82 Å². The molecule has 0 bridgehead atoms. The van der Waals surface area contributed by atoms with Crippen LogP contribution < -0.4 is 11.1 Å². The molecule has 0 aliphatic heterocycles. The van der Waals surface area contributed by atoms with Crippen molar-refractivity contribution in [3.8, 4) is 0 Å². The number of halogens is 1. The quantitative estimate of drug-likeness (QED) is 0.347. The first-order chi connectivity index (χ1) is 9.60. The van der Waals surface area contributed by atoms with Gasteiger partial charge in [0.2, 0.25) is 0 Å². The smallest absolute Gasteiger partial charge is 0.170 e. The Hall–Kier alpha value is -2.56. The van der Waals surface area contributed by atoms with Gasteiger partial charge in [-0.15, -0.1) is 0 Å². The van der Waals surface area contributed by atoms with Crippen molar-refractivity contribution in [1.82, 2.24) is 0 Å². The third kappa shape index (κ3) is 3.26. The number of rotatable bonds is 4. The van der Waals surface area contributed by atoms with E-state index in [9.17, 15) is 4.39 Å². The number of amidine groups is 1. The predicted molar refractivity (Wildman–Crippen MR) is 77.4 cm³/mol. The predicted octanol–water partition coefficient (Wildman–Crippen LogP) is 2.84. The molecule has 0 spiro atoms. The summed E-state index contributed by atoms with van der Waals surface area (Å²) >= 11 is 0. The van der Waals surface area contributed by atoms with Crippen molar-refractivity contribution in [2.45, 2.75) is 13.5 Å². The molecule has 0 saturated heterocycles. The normalized spacial score (nSPS) is 11.4. The van der Waals surface area contributed by atoms with Gasteiger partial charge in [-0.1, -0.05) is 23.4 Å².